The van der Waals surface area contributed by atoms with Crippen LogP contribution in [0.1, 0.15) is 72.9 Å². The van der Waals surface area contributed by atoms with Crippen LogP contribution in [0.15, 0.2) is 90.0 Å². The standard InChI is InChI=1S/C44H47NO14/c1-22-28(58-40(52)34(48)32(45-38(50)23-11-7-5-8-12-23)25-15-16-26-27(17-25)57-21-56-26)19-44(54)37(59-39(51)24-13-9-6-10-14-24)35-42(4,29(46)18-30-43(35,53)20-55-30)36(49)33(47)31(22)41(44,2)3/h5-17,28-30,32-35,37,46-48,53-54H,18-21H2,1-4H3,(H,45,50)/t28?,29?,30?,32?,33?,34?,35?,37?,42-,43+,44?/m1/s1. The van der Waals surface area contributed by atoms with E-state index in [1.54, 1.807) is 74.5 Å². The van der Waals surface area contributed by atoms with Gasteiger partial charge in [-0.15, -0.1) is 0 Å². The molecule has 5 aliphatic rings. The number of hydrogen-bond donors (Lipinski definition) is 6. The van der Waals surface area contributed by atoms with E-state index in [2.05, 4.69) is 5.32 Å². The normalized spacial score (nSPS) is 33.8. The van der Waals surface area contributed by atoms with Crippen molar-refractivity contribution in [2.24, 2.45) is 16.7 Å². The van der Waals surface area contributed by atoms with Gasteiger partial charge >= 0.3 is 11.9 Å². The number of esters is 2. The summed E-state index contributed by atoms with van der Waals surface area (Å²) >= 11 is 0. The fourth-order valence-corrected chi connectivity index (χ4v) is 9.99. The summed E-state index contributed by atoms with van der Waals surface area (Å²) in [6.45, 7) is 5.61. The van der Waals surface area contributed by atoms with Crippen molar-refractivity contribution in [1.29, 1.82) is 0 Å². The number of ketones is 1. The Morgan fingerprint density at radius 2 is 1.53 bits per heavy atom. The average Bonchev–Trinajstić information content (AvgIpc) is 3.70. The van der Waals surface area contributed by atoms with E-state index in [1.807, 2.05) is 0 Å². The molecule has 6 N–H and O–H groups in total. The average molecular weight is 814 g/mol. The van der Waals surface area contributed by atoms with Crippen LogP contribution >= 0.6 is 0 Å². The molecule has 0 spiro atoms. The molecule has 11 atom stereocenters. The molecule has 0 aromatic heterocycles. The number of Topliss-reactive ketones (excluding diaryl/α,β-unsaturated/α-hetero) is 1. The van der Waals surface area contributed by atoms with Gasteiger partial charge in [0.2, 0.25) is 6.79 Å². The minimum absolute atomic E-state index is 0.0557. The molecule has 1 amide bonds. The van der Waals surface area contributed by atoms with E-state index in [1.165, 1.54) is 32.0 Å². The maximum absolute atomic E-state index is 14.8. The number of benzene rings is 3. The van der Waals surface area contributed by atoms with Crippen LogP contribution in [0.4, 0.5) is 0 Å². The summed E-state index contributed by atoms with van der Waals surface area (Å²) in [4.78, 5) is 56.5. The number of carbonyl (C=O) groups is 4. The first kappa shape index (κ1) is 40.6. The zero-order valence-electron chi connectivity index (χ0n) is 32.9. The second-order valence-electron chi connectivity index (χ2n) is 16.9. The molecule has 2 bridgehead atoms. The molecular formula is C44H47NO14. The molecule has 312 valence electrons. The number of rotatable bonds is 8. The topological polar surface area (TPSA) is 228 Å². The van der Waals surface area contributed by atoms with E-state index in [0.717, 1.165) is 0 Å². The van der Waals surface area contributed by atoms with Gasteiger partial charge in [-0.2, -0.15) is 0 Å². The number of aliphatic hydroxyl groups excluding tert-OH is 3. The Morgan fingerprint density at radius 1 is 0.881 bits per heavy atom. The predicted octanol–water partition coefficient (Wildman–Crippen LogP) is 2.32. The zero-order valence-corrected chi connectivity index (χ0v) is 32.9. The van der Waals surface area contributed by atoms with Crippen molar-refractivity contribution in [3.63, 3.8) is 0 Å². The summed E-state index contributed by atoms with van der Waals surface area (Å²) in [6, 6.07) is 19.2. The lowest BCUT2D eigenvalue weighted by molar-refractivity contribution is -0.343. The van der Waals surface area contributed by atoms with E-state index < -0.39 is 101 Å². The largest absolute Gasteiger partial charge is 0.456 e. The Bertz CT molecular complexity index is 2210. The lowest BCUT2D eigenvalue weighted by atomic mass is 9.44. The highest BCUT2D eigenvalue weighted by Crippen LogP contribution is 2.63. The maximum Gasteiger partial charge on any atom is 0.338 e. The fourth-order valence-electron chi connectivity index (χ4n) is 9.99. The number of nitrogens with one attached hydrogen (secondary N) is 1. The van der Waals surface area contributed by atoms with Gasteiger partial charge < -0.3 is 54.5 Å². The third kappa shape index (κ3) is 6.25. The summed E-state index contributed by atoms with van der Waals surface area (Å²) in [5.41, 5.74) is -7.14. The fraction of sp³-hybridized carbons (Fsp3) is 0.455. The molecule has 9 unspecified atom stereocenters. The molecule has 3 aromatic rings. The van der Waals surface area contributed by atoms with Crippen molar-refractivity contribution in [1.82, 2.24) is 5.32 Å². The Morgan fingerprint density at radius 3 is 2.17 bits per heavy atom. The van der Waals surface area contributed by atoms with Crippen molar-refractivity contribution < 1.29 is 68.4 Å². The monoisotopic (exact) mass is 813 g/mol. The second kappa shape index (κ2) is 14.5. The summed E-state index contributed by atoms with van der Waals surface area (Å²) in [7, 11) is 0. The molecule has 3 fully saturated rings. The van der Waals surface area contributed by atoms with Crippen molar-refractivity contribution >= 4 is 23.6 Å². The van der Waals surface area contributed by atoms with Gasteiger partial charge in [0.25, 0.3) is 5.91 Å². The highest BCUT2D eigenvalue weighted by atomic mass is 16.7. The molecular weight excluding hydrogens is 766 g/mol. The van der Waals surface area contributed by atoms with E-state index in [0.29, 0.717) is 11.5 Å². The predicted molar refractivity (Wildman–Crippen MR) is 205 cm³/mol. The molecule has 15 nitrogen and oxygen atoms in total. The SMILES string of the molecule is CC1=C2C(O)C(=O)[C@]3(C)C(O)CC4OC[C@@]4(O)C3C(OC(=O)c3ccccc3)C(O)(CC1OC(=O)C(O)C(NC(=O)c1ccccc1)c1ccc3c(c1)OCO3)C2(C)C. The number of fused-ring (bicyclic) bond motifs is 6. The molecule has 3 aromatic carbocycles. The molecule has 2 aliphatic heterocycles. The summed E-state index contributed by atoms with van der Waals surface area (Å²) < 4.78 is 28.9. The van der Waals surface area contributed by atoms with Gasteiger partial charge in [-0.25, -0.2) is 9.59 Å². The van der Waals surface area contributed by atoms with Crippen LogP contribution in [0.5, 0.6) is 11.5 Å². The number of amides is 1. The van der Waals surface area contributed by atoms with Gasteiger partial charge in [-0.3, -0.25) is 9.59 Å². The van der Waals surface area contributed by atoms with Gasteiger partial charge in [-0.1, -0.05) is 56.3 Å². The summed E-state index contributed by atoms with van der Waals surface area (Å²) in [5, 5.41) is 64.0. The van der Waals surface area contributed by atoms with Crippen LogP contribution in [0.2, 0.25) is 0 Å². The molecule has 1 saturated heterocycles. The Kier molecular flexibility index (Phi) is 10.0. The van der Waals surface area contributed by atoms with Crippen molar-refractivity contribution in [2.75, 3.05) is 13.4 Å². The van der Waals surface area contributed by atoms with Crippen molar-refractivity contribution in [3.8, 4) is 11.5 Å². The number of aliphatic hydroxyl groups is 5. The van der Waals surface area contributed by atoms with Crippen LogP contribution in [0, 0.1) is 16.7 Å². The van der Waals surface area contributed by atoms with Crippen LogP contribution in [0.3, 0.4) is 0 Å². The lowest BCUT2D eigenvalue weighted by Crippen LogP contribution is -2.81. The van der Waals surface area contributed by atoms with Crippen molar-refractivity contribution in [3.05, 3.63) is 107 Å². The van der Waals surface area contributed by atoms with E-state index in [9.17, 15) is 44.7 Å². The third-order valence-electron chi connectivity index (χ3n) is 13.5. The van der Waals surface area contributed by atoms with Crippen molar-refractivity contribution in [2.45, 2.75) is 94.4 Å². The maximum atomic E-state index is 14.8. The van der Waals surface area contributed by atoms with Gasteiger partial charge in [0.05, 0.1) is 35.8 Å². The van der Waals surface area contributed by atoms with Crippen LogP contribution < -0.4 is 14.8 Å². The Labute approximate surface area is 339 Å². The molecule has 3 aliphatic carbocycles. The number of hydrogen-bond acceptors (Lipinski definition) is 14. The van der Waals surface area contributed by atoms with E-state index in [-0.39, 0.29) is 47.7 Å². The number of carbonyl (C=O) groups excluding carboxylic acids is 4. The minimum Gasteiger partial charge on any atom is -0.456 e. The Hall–Kier alpha value is -5.16. The lowest BCUT2D eigenvalue weighted by Gasteiger charge is -2.66. The molecule has 2 saturated carbocycles. The zero-order chi connectivity index (χ0) is 42.2. The molecule has 59 heavy (non-hydrogen) atoms. The molecule has 2 heterocycles. The second-order valence-corrected chi connectivity index (χ2v) is 16.9. The van der Waals surface area contributed by atoms with Gasteiger partial charge in [0.15, 0.2) is 23.4 Å². The van der Waals surface area contributed by atoms with Crippen LogP contribution in [0.25, 0.3) is 0 Å². The van der Waals surface area contributed by atoms with E-state index in [4.69, 9.17) is 23.7 Å². The third-order valence-corrected chi connectivity index (χ3v) is 13.5. The summed E-state index contributed by atoms with van der Waals surface area (Å²) in [5.74, 6) is -4.48. The first-order valence-corrected chi connectivity index (χ1v) is 19.5. The van der Waals surface area contributed by atoms with E-state index >= 15 is 0 Å². The van der Waals surface area contributed by atoms with Crippen LogP contribution in [-0.4, -0.2) is 110 Å². The summed E-state index contributed by atoms with van der Waals surface area (Å²) in [6.07, 6.45) is -10.5. The van der Waals surface area contributed by atoms with Crippen LogP contribution in [-0.2, 0) is 23.8 Å². The molecule has 15 heteroatoms. The number of ether oxygens (including phenoxy) is 5. The molecule has 8 rings (SSSR count). The highest BCUT2D eigenvalue weighted by Gasteiger charge is 2.76. The minimum atomic E-state index is -2.33. The quantitative estimate of drug-likeness (QED) is 0.142. The van der Waals surface area contributed by atoms with Gasteiger partial charge in [-0.05, 0) is 67.0 Å². The molecule has 0 radical (unpaired) electrons. The van der Waals surface area contributed by atoms with Gasteiger partial charge in [0, 0.05) is 29.7 Å². The first-order chi connectivity index (χ1) is 27.9. The smallest absolute Gasteiger partial charge is 0.338 e. The Balaban J connectivity index is 1.20. The highest BCUT2D eigenvalue weighted by molar-refractivity contribution is 5.95. The van der Waals surface area contributed by atoms with Gasteiger partial charge in [0.1, 0.15) is 29.5 Å². The first-order valence-electron chi connectivity index (χ1n) is 19.5.